The van der Waals surface area contributed by atoms with Crippen molar-refractivity contribution in [3.63, 3.8) is 0 Å². The molecular weight excluding hydrogens is 412 g/mol. The van der Waals surface area contributed by atoms with Crippen molar-refractivity contribution in [2.45, 2.75) is 20.8 Å². The van der Waals surface area contributed by atoms with Crippen molar-refractivity contribution in [1.29, 1.82) is 0 Å². The number of hydrogen-bond donors (Lipinski definition) is 1. The lowest BCUT2D eigenvalue weighted by Crippen LogP contribution is -2.18. The van der Waals surface area contributed by atoms with Crippen LogP contribution in [-0.2, 0) is 4.74 Å². The fourth-order valence-corrected chi connectivity index (χ4v) is 3.37. The summed E-state index contributed by atoms with van der Waals surface area (Å²) >= 11 is 0. The molecule has 3 aromatic heterocycles. The average molecular weight is 434 g/mol. The molecule has 0 bridgehead atoms. The average Bonchev–Trinajstić information content (AvgIpc) is 3.40. The fourth-order valence-electron chi connectivity index (χ4n) is 3.37. The van der Waals surface area contributed by atoms with Crippen LogP contribution in [0, 0.1) is 13.8 Å². The summed E-state index contributed by atoms with van der Waals surface area (Å²) in [5.41, 5.74) is 1.66. The van der Waals surface area contributed by atoms with Crippen molar-refractivity contribution in [2.24, 2.45) is 0 Å². The second kappa shape index (κ2) is 8.54. The fraction of sp³-hybridized carbons (Fsp3) is 0.217. The molecule has 0 atom stereocenters. The third kappa shape index (κ3) is 3.80. The van der Waals surface area contributed by atoms with Crippen LogP contribution >= 0.6 is 0 Å². The van der Waals surface area contributed by atoms with Gasteiger partial charge in [-0.25, -0.2) is 9.78 Å². The van der Waals surface area contributed by atoms with Crippen molar-refractivity contribution in [1.82, 2.24) is 14.8 Å². The van der Waals surface area contributed by atoms with E-state index in [1.807, 2.05) is 31.2 Å². The van der Waals surface area contributed by atoms with Gasteiger partial charge in [0.2, 0.25) is 0 Å². The summed E-state index contributed by atoms with van der Waals surface area (Å²) in [5.74, 6) is 0.689. The Hall–Kier alpha value is -4.14. The maximum Gasteiger partial charge on any atom is 0.343 e. The van der Waals surface area contributed by atoms with E-state index < -0.39 is 11.9 Å². The first-order valence-corrected chi connectivity index (χ1v) is 10.0. The summed E-state index contributed by atoms with van der Waals surface area (Å²) in [5, 5.41) is 7.95. The lowest BCUT2D eigenvalue weighted by atomic mass is 10.1. The summed E-state index contributed by atoms with van der Waals surface area (Å²) < 4.78 is 17.4. The summed E-state index contributed by atoms with van der Waals surface area (Å²) in [7, 11) is 1.57. The Balaban J connectivity index is 1.85. The van der Waals surface area contributed by atoms with E-state index in [4.69, 9.17) is 13.9 Å². The van der Waals surface area contributed by atoms with Crippen LogP contribution in [0.1, 0.15) is 39.2 Å². The Bertz CT molecular complexity index is 1320. The van der Waals surface area contributed by atoms with Gasteiger partial charge in [-0.3, -0.25) is 4.79 Å². The number of furan rings is 1. The van der Waals surface area contributed by atoms with Gasteiger partial charge in [-0.05, 0) is 50.6 Å². The van der Waals surface area contributed by atoms with Gasteiger partial charge in [-0.2, -0.15) is 9.78 Å². The predicted molar refractivity (Wildman–Crippen MR) is 118 cm³/mol. The number of nitrogens with zero attached hydrogens (tertiary/aromatic N) is 3. The predicted octanol–water partition coefficient (Wildman–Crippen LogP) is 4.07. The number of aryl methyl sites for hydroxylation is 2. The maximum atomic E-state index is 12.8. The van der Waals surface area contributed by atoms with Crippen molar-refractivity contribution < 1.29 is 23.5 Å². The van der Waals surface area contributed by atoms with Gasteiger partial charge >= 0.3 is 5.97 Å². The van der Waals surface area contributed by atoms with Crippen molar-refractivity contribution in [2.75, 3.05) is 19.0 Å². The van der Waals surface area contributed by atoms with E-state index in [1.165, 1.54) is 10.9 Å². The molecule has 164 valence electrons. The number of carbonyl (C=O) groups excluding carboxylic acids is 2. The summed E-state index contributed by atoms with van der Waals surface area (Å²) in [6.07, 6.45) is 1.34. The van der Waals surface area contributed by atoms with Gasteiger partial charge in [0.1, 0.15) is 22.6 Å². The van der Waals surface area contributed by atoms with Crippen LogP contribution in [0.15, 0.2) is 47.0 Å². The highest BCUT2D eigenvalue weighted by Crippen LogP contribution is 2.29. The Morgan fingerprint density at radius 2 is 2.00 bits per heavy atom. The number of methoxy groups -OCH3 is 1. The summed E-state index contributed by atoms with van der Waals surface area (Å²) in [6.45, 7) is 5.55. The largest absolute Gasteiger partial charge is 0.494 e. The zero-order valence-electron chi connectivity index (χ0n) is 18.1. The normalized spacial score (nSPS) is 10.9. The minimum atomic E-state index is -0.611. The van der Waals surface area contributed by atoms with Gasteiger partial charge in [0.25, 0.3) is 5.91 Å². The molecular formula is C23H22N4O5. The number of ether oxygens (including phenoxy) is 2. The minimum absolute atomic E-state index is 0.100. The van der Waals surface area contributed by atoms with E-state index in [0.29, 0.717) is 22.8 Å². The molecule has 0 saturated heterocycles. The molecule has 32 heavy (non-hydrogen) atoms. The van der Waals surface area contributed by atoms with Gasteiger partial charge < -0.3 is 19.2 Å². The number of aromatic nitrogens is 3. The molecule has 4 rings (SSSR count). The quantitative estimate of drug-likeness (QED) is 0.456. The molecule has 3 heterocycles. The molecule has 0 aliphatic rings. The third-order valence-corrected chi connectivity index (χ3v) is 4.89. The second-order valence-corrected chi connectivity index (χ2v) is 7.06. The second-order valence-electron chi connectivity index (χ2n) is 7.06. The monoisotopic (exact) mass is 434 g/mol. The molecule has 1 N–H and O–H groups in total. The zero-order chi connectivity index (χ0) is 22.8. The van der Waals surface area contributed by atoms with Crippen LogP contribution in [0.2, 0.25) is 0 Å². The van der Waals surface area contributed by atoms with E-state index in [9.17, 15) is 9.59 Å². The van der Waals surface area contributed by atoms with E-state index in [2.05, 4.69) is 15.4 Å². The number of pyridine rings is 1. The number of esters is 1. The van der Waals surface area contributed by atoms with Gasteiger partial charge in [0, 0.05) is 5.39 Å². The molecule has 0 saturated carbocycles. The van der Waals surface area contributed by atoms with Crippen LogP contribution < -0.4 is 10.1 Å². The van der Waals surface area contributed by atoms with Crippen molar-refractivity contribution in [3.8, 4) is 11.6 Å². The van der Waals surface area contributed by atoms with Crippen molar-refractivity contribution in [3.05, 3.63) is 65.2 Å². The Morgan fingerprint density at radius 3 is 2.69 bits per heavy atom. The molecule has 0 fully saturated rings. The number of benzene rings is 1. The molecule has 4 aromatic rings. The Morgan fingerprint density at radius 1 is 1.19 bits per heavy atom. The lowest BCUT2D eigenvalue weighted by Gasteiger charge is -2.13. The zero-order valence-corrected chi connectivity index (χ0v) is 18.1. The number of fused-ring (bicyclic) bond motifs is 1. The van der Waals surface area contributed by atoms with Gasteiger partial charge in [0.15, 0.2) is 17.4 Å². The molecule has 9 heteroatoms. The van der Waals surface area contributed by atoms with Crippen LogP contribution in [0.5, 0.6) is 5.75 Å². The highest BCUT2D eigenvalue weighted by Gasteiger charge is 2.24. The molecule has 0 radical (unpaired) electrons. The standard InChI is InChI=1S/C23H22N4O5/c1-5-31-23(29)16-12-24-27(21(16)26-22(28)18-10-9-14(3)32-18)19-11-13(2)15-7-6-8-17(30-4)20(15)25-19/h6-12H,5H2,1-4H3,(H,26,28). The van der Waals surface area contributed by atoms with Crippen LogP contribution in [-0.4, -0.2) is 40.4 Å². The van der Waals surface area contributed by atoms with E-state index in [-0.39, 0.29) is 23.7 Å². The van der Waals surface area contributed by atoms with Gasteiger partial charge in [0.05, 0.1) is 19.9 Å². The van der Waals surface area contributed by atoms with E-state index in [0.717, 1.165) is 10.9 Å². The first kappa shape index (κ1) is 21.1. The van der Waals surface area contributed by atoms with Gasteiger partial charge in [-0.1, -0.05) is 12.1 Å². The number of anilines is 1. The van der Waals surface area contributed by atoms with Crippen LogP contribution in [0.4, 0.5) is 5.82 Å². The molecule has 0 unspecified atom stereocenters. The molecule has 9 nitrogen and oxygen atoms in total. The van der Waals surface area contributed by atoms with E-state index in [1.54, 1.807) is 33.1 Å². The lowest BCUT2D eigenvalue weighted by molar-refractivity contribution is 0.0527. The Kier molecular flexibility index (Phi) is 5.63. The van der Waals surface area contributed by atoms with Crippen LogP contribution in [0.3, 0.4) is 0 Å². The smallest absolute Gasteiger partial charge is 0.343 e. The molecule has 0 aliphatic heterocycles. The summed E-state index contributed by atoms with van der Waals surface area (Å²) in [6, 6.07) is 10.7. The van der Waals surface area contributed by atoms with Crippen LogP contribution in [0.25, 0.3) is 16.7 Å². The highest BCUT2D eigenvalue weighted by atomic mass is 16.5. The first-order chi connectivity index (χ1) is 15.4. The topological polar surface area (TPSA) is 108 Å². The van der Waals surface area contributed by atoms with Gasteiger partial charge in [-0.15, -0.1) is 0 Å². The van der Waals surface area contributed by atoms with Crippen molar-refractivity contribution >= 4 is 28.6 Å². The number of amides is 1. The van der Waals surface area contributed by atoms with E-state index >= 15 is 0 Å². The molecule has 0 aliphatic carbocycles. The highest BCUT2D eigenvalue weighted by molar-refractivity contribution is 6.06. The SMILES string of the molecule is CCOC(=O)c1cnn(-c2cc(C)c3cccc(OC)c3n2)c1NC(=O)c1ccc(C)o1. The summed E-state index contributed by atoms with van der Waals surface area (Å²) in [4.78, 5) is 30.0. The number of rotatable bonds is 6. The molecule has 0 spiro atoms. The maximum absolute atomic E-state index is 12.8. The first-order valence-electron chi connectivity index (χ1n) is 10.0. The number of hydrogen-bond acceptors (Lipinski definition) is 7. The minimum Gasteiger partial charge on any atom is -0.494 e. The molecule has 1 aromatic carbocycles. The number of carbonyl (C=O) groups is 2. The molecule has 1 amide bonds. The number of para-hydroxylation sites is 1. The third-order valence-electron chi connectivity index (χ3n) is 4.89. The Labute approximate surface area is 184 Å². The number of nitrogens with one attached hydrogen (secondary N) is 1.